The van der Waals surface area contributed by atoms with Crippen LogP contribution < -0.4 is 5.32 Å². The molecule has 1 aromatic carbocycles. The second-order valence-electron chi connectivity index (χ2n) is 4.49. The van der Waals surface area contributed by atoms with E-state index in [2.05, 4.69) is 41.7 Å². The molecule has 0 bridgehead atoms. The van der Waals surface area contributed by atoms with E-state index in [0.29, 0.717) is 5.92 Å². The fourth-order valence-electron chi connectivity index (χ4n) is 2.25. The largest absolute Gasteiger partial charge is 0.384 e. The third-order valence-electron chi connectivity index (χ3n) is 3.22. The van der Waals surface area contributed by atoms with E-state index in [4.69, 9.17) is 0 Å². The predicted octanol–water partition coefficient (Wildman–Crippen LogP) is 2.62. The number of hydrogen-bond donors (Lipinski definition) is 1. The highest BCUT2D eigenvalue weighted by molar-refractivity contribution is 5.69. The topological polar surface area (TPSA) is 29.9 Å². The fourth-order valence-corrected chi connectivity index (χ4v) is 2.25. The molecule has 1 aromatic heterocycles. The van der Waals surface area contributed by atoms with Gasteiger partial charge < -0.3 is 5.32 Å². The molecule has 3 heteroatoms. The van der Waals surface area contributed by atoms with Crippen molar-refractivity contribution in [2.45, 2.75) is 12.8 Å². The lowest BCUT2D eigenvalue weighted by molar-refractivity contribution is 0.768. The minimum absolute atomic E-state index is 0.603. The number of nitrogens with zero attached hydrogens (tertiary/aromatic N) is 2. The van der Waals surface area contributed by atoms with Crippen LogP contribution in [0.1, 0.15) is 18.4 Å². The van der Waals surface area contributed by atoms with Crippen molar-refractivity contribution in [1.82, 2.24) is 9.78 Å². The van der Waals surface area contributed by atoms with Gasteiger partial charge in [-0.1, -0.05) is 13.0 Å². The van der Waals surface area contributed by atoms with Gasteiger partial charge in [-0.25, -0.2) is 0 Å². The summed E-state index contributed by atoms with van der Waals surface area (Å²) in [4.78, 5) is 0. The third kappa shape index (κ3) is 1.40. The summed E-state index contributed by atoms with van der Waals surface area (Å²) in [5.41, 5.74) is 5.13. The van der Waals surface area contributed by atoms with Gasteiger partial charge in [0, 0.05) is 37.0 Å². The van der Waals surface area contributed by atoms with E-state index in [1.807, 2.05) is 17.9 Å². The molecule has 0 aliphatic carbocycles. The molecule has 0 saturated carbocycles. The van der Waals surface area contributed by atoms with Gasteiger partial charge in [0.15, 0.2) is 0 Å². The molecule has 1 atom stereocenters. The molecule has 0 amide bonds. The Bertz CT molecular complexity index is 528. The Balaban J connectivity index is 2.07. The lowest BCUT2D eigenvalue weighted by atomic mass is 9.99. The standard InChI is InChI=1S/C13H15N3/c1-9-6-14-13-4-3-10(5-12(9)13)11-7-15-16(2)8-11/h3-5,7-9,14H,6H2,1-2H3. The monoisotopic (exact) mass is 213 g/mol. The van der Waals surface area contributed by atoms with Gasteiger partial charge in [0.1, 0.15) is 0 Å². The zero-order chi connectivity index (χ0) is 11.1. The van der Waals surface area contributed by atoms with Crippen molar-refractivity contribution in [3.63, 3.8) is 0 Å². The van der Waals surface area contributed by atoms with Gasteiger partial charge in [0.25, 0.3) is 0 Å². The first-order chi connectivity index (χ1) is 7.74. The average Bonchev–Trinajstić information content (AvgIpc) is 2.86. The van der Waals surface area contributed by atoms with E-state index in [0.717, 1.165) is 6.54 Å². The van der Waals surface area contributed by atoms with Gasteiger partial charge in [-0.15, -0.1) is 0 Å². The molecule has 0 radical (unpaired) electrons. The molecule has 1 N–H and O–H groups in total. The summed E-state index contributed by atoms with van der Waals surface area (Å²) >= 11 is 0. The summed E-state index contributed by atoms with van der Waals surface area (Å²) in [5.74, 6) is 0.603. The summed E-state index contributed by atoms with van der Waals surface area (Å²) in [5, 5.41) is 7.62. The van der Waals surface area contributed by atoms with Gasteiger partial charge in [0.2, 0.25) is 0 Å². The Morgan fingerprint density at radius 3 is 3.00 bits per heavy atom. The van der Waals surface area contributed by atoms with Gasteiger partial charge in [-0.3, -0.25) is 4.68 Å². The number of anilines is 1. The molecule has 2 aromatic rings. The highest BCUT2D eigenvalue weighted by Gasteiger charge is 2.18. The molecule has 0 spiro atoms. The number of rotatable bonds is 1. The van der Waals surface area contributed by atoms with Crippen LogP contribution in [0.2, 0.25) is 0 Å². The van der Waals surface area contributed by atoms with Crippen molar-refractivity contribution in [3.05, 3.63) is 36.2 Å². The van der Waals surface area contributed by atoms with Crippen molar-refractivity contribution >= 4 is 5.69 Å². The summed E-state index contributed by atoms with van der Waals surface area (Å²) in [6, 6.07) is 6.60. The van der Waals surface area contributed by atoms with Crippen LogP contribution in [0, 0.1) is 0 Å². The lowest BCUT2D eigenvalue weighted by Gasteiger charge is -2.05. The molecule has 0 fully saturated rings. The van der Waals surface area contributed by atoms with Crippen LogP contribution in [0.4, 0.5) is 5.69 Å². The maximum Gasteiger partial charge on any atom is 0.0568 e. The molecule has 3 rings (SSSR count). The van der Waals surface area contributed by atoms with E-state index in [-0.39, 0.29) is 0 Å². The Kier molecular flexibility index (Phi) is 1.99. The highest BCUT2D eigenvalue weighted by atomic mass is 15.2. The molecular weight excluding hydrogens is 198 g/mol. The SMILES string of the molecule is CC1CNc2ccc(-c3cnn(C)c3)cc21. The smallest absolute Gasteiger partial charge is 0.0568 e. The second kappa shape index (κ2) is 3.37. The van der Waals surface area contributed by atoms with Gasteiger partial charge in [-0.2, -0.15) is 5.10 Å². The van der Waals surface area contributed by atoms with E-state index in [9.17, 15) is 0 Å². The summed E-state index contributed by atoms with van der Waals surface area (Å²) in [6.45, 7) is 3.30. The van der Waals surface area contributed by atoms with Crippen LogP contribution in [0.3, 0.4) is 0 Å². The van der Waals surface area contributed by atoms with Gasteiger partial charge in [0.05, 0.1) is 6.20 Å². The Morgan fingerprint density at radius 2 is 2.25 bits per heavy atom. The number of aromatic nitrogens is 2. The second-order valence-corrected chi connectivity index (χ2v) is 4.49. The van der Waals surface area contributed by atoms with Crippen LogP contribution in [0.25, 0.3) is 11.1 Å². The van der Waals surface area contributed by atoms with Crippen LogP contribution in [0.5, 0.6) is 0 Å². The molecule has 2 heterocycles. The zero-order valence-corrected chi connectivity index (χ0v) is 9.57. The number of benzene rings is 1. The average molecular weight is 213 g/mol. The molecule has 1 aliphatic rings. The van der Waals surface area contributed by atoms with E-state index in [1.165, 1.54) is 22.4 Å². The highest BCUT2D eigenvalue weighted by Crippen LogP contribution is 2.34. The Morgan fingerprint density at radius 1 is 1.38 bits per heavy atom. The number of nitrogens with one attached hydrogen (secondary N) is 1. The van der Waals surface area contributed by atoms with Gasteiger partial charge in [-0.05, 0) is 23.3 Å². The van der Waals surface area contributed by atoms with Crippen LogP contribution >= 0.6 is 0 Å². The lowest BCUT2D eigenvalue weighted by Crippen LogP contribution is -1.95. The maximum absolute atomic E-state index is 4.21. The summed E-state index contributed by atoms with van der Waals surface area (Å²) in [7, 11) is 1.95. The van der Waals surface area contributed by atoms with Crippen LogP contribution in [-0.4, -0.2) is 16.3 Å². The van der Waals surface area contributed by atoms with Crippen molar-refractivity contribution in [2.24, 2.45) is 7.05 Å². The van der Waals surface area contributed by atoms with E-state index in [1.54, 1.807) is 0 Å². The van der Waals surface area contributed by atoms with Crippen LogP contribution in [0.15, 0.2) is 30.6 Å². The van der Waals surface area contributed by atoms with Crippen molar-refractivity contribution in [2.75, 3.05) is 11.9 Å². The predicted molar refractivity (Wildman–Crippen MR) is 65.5 cm³/mol. The molecular formula is C13H15N3. The first-order valence-corrected chi connectivity index (χ1v) is 5.61. The molecule has 16 heavy (non-hydrogen) atoms. The minimum Gasteiger partial charge on any atom is -0.384 e. The summed E-state index contributed by atoms with van der Waals surface area (Å²) < 4.78 is 1.84. The quantitative estimate of drug-likeness (QED) is 0.789. The van der Waals surface area contributed by atoms with Crippen molar-refractivity contribution < 1.29 is 0 Å². The molecule has 1 unspecified atom stereocenters. The first-order valence-electron chi connectivity index (χ1n) is 5.61. The Labute approximate surface area is 95.1 Å². The number of hydrogen-bond acceptors (Lipinski definition) is 2. The maximum atomic E-state index is 4.21. The van der Waals surface area contributed by atoms with E-state index >= 15 is 0 Å². The molecule has 3 nitrogen and oxygen atoms in total. The molecule has 1 aliphatic heterocycles. The third-order valence-corrected chi connectivity index (χ3v) is 3.22. The molecule has 0 saturated heterocycles. The minimum atomic E-state index is 0.603. The first kappa shape index (κ1) is 9.46. The fraction of sp³-hybridized carbons (Fsp3) is 0.308. The van der Waals surface area contributed by atoms with Crippen molar-refractivity contribution in [3.8, 4) is 11.1 Å². The number of fused-ring (bicyclic) bond motifs is 1. The zero-order valence-electron chi connectivity index (χ0n) is 9.57. The normalized spacial score (nSPS) is 18.2. The van der Waals surface area contributed by atoms with E-state index < -0.39 is 0 Å². The Hall–Kier alpha value is -1.77. The van der Waals surface area contributed by atoms with Crippen molar-refractivity contribution in [1.29, 1.82) is 0 Å². The van der Waals surface area contributed by atoms with Gasteiger partial charge >= 0.3 is 0 Å². The molecule has 82 valence electrons. The summed E-state index contributed by atoms with van der Waals surface area (Å²) in [6.07, 6.45) is 3.96. The van der Waals surface area contributed by atoms with Crippen LogP contribution in [-0.2, 0) is 7.05 Å². The number of aryl methyl sites for hydroxylation is 1.